The number of hydrogen-bond acceptors (Lipinski definition) is 28. The molecule has 0 aliphatic carbocycles. The van der Waals surface area contributed by atoms with Crippen LogP contribution in [0.2, 0.25) is 0 Å². The van der Waals surface area contributed by atoms with Crippen molar-refractivity contribution in [3.05, 3.63) is 122 Å². The first-order valence-electron chi connectivity index (χ1n) is 30.6. The number of unbranched alkanes of at least 4 members (excludes halogenated alkanes) is 2. The van der Waals surface area contributed by atoms with Crippen LogP contribution in [-0.2, 0) is 114 Å². The van der Waals surface area contributed by atoms with Gasteiger partial charge in [-0.1, -0.05) is 32.9 Å². The lowest BCUT2D eigenvalue weighted by molar-refractivity contribution is -0.153. The molecule has 0 bridgehead atoms. The van der Waals surface area contributed by atoms with E-state index in [0.29, 0.717) is 82.6 Å². The molecule has 552 valence electrons. The summed E-state index contributed by atoms with van der Waals surface area (Å²) in [5, 5.41) is 34.2. The number of carboxylic acids is 4. The van der Waals surface area contributed by atoms with Crippen LogP contribution in [0.3, 0.4) is 0 Å². The van der Waals surface area contributed by atoms with Crippen molar-refractivity contribution in [3.63, 3.8) is 0 Å². The summed E-state index contributed by atoms with van der Waals surface area (Å²) in [6.45, 7) is 22.5. The Morgan fingerprint density at radius 3 is 1.02 bits per heavy atom. The zero-order valence-corrected chi connectivity index (χ0v) is 55.9. The number of nitrogens with zero attached hydrogens (tertiary/aromatic N) is 1. The summed E-state index contributed by atoms with van der Waals surface area (Å²) in [6.07, 6.45) is 4.29. The topological polar surface area (TPSA) is 460 Å². The van der Waals surface area contributed by atoms with Crippen molar-refractivity contribution in [3.8, 4) is 11.5 Å². The molecule has 0 atom stereocenters. The van der Waals surface area contributed by atoms with Crippen molar-refractivity contribution >= 4 is 89.5 Å². The Morgan fingerprint density at radius 2 is 0.680 bits per heavy atom. The van der Waals surface area contributed by atoms with Crippen LogP contribution in [0.25, 0.3) is 0 Å². The van der Waals surface area contributed by atoms with Crippen molar-refractivity contribution in [1.82, 2.24) is 4.90 Å². The van der Waals surface area contributed by atoms with Crippen molar-refractivity contribution < 1.29 is 154 Å². The second kappa shape index (κ2) is 57.9. The number of carbonyl (C=O) groups excluding carboxylic acids is 11. The zero-order valence-electron chi connectivity index (χ0n) is 55.9. The molecule has 0 spiro atoms. The number of ether oxygens (including phenoxy) is 13. The molecule has 1 aliphatic rings. The van der Waals surface area contributed by atoms with Crippen LogP contribution in [-0.4, -0.2) is 220 Å². The molecule has 0 aromatic heterocycles. The van der Waals surface area contributed by atoms with Gasteiger partial charge in [0.05, 0.1) is 102 Å². The lowest BCUT2D eigenvalue weighted by atomic mass is 10.2. The van der Waals surface area contributed by atoms with Crippen LogP contribution in [0.5, 0.6) is 11.5 Å². The summed E-state index contributed by atoms with van der Waals surface area (Å²) in [5.41, 5.74) is 1.10. The zero-order chi connectivity index (χ0) is 75.5. The second-order valence-corrected chi connectivity index (χ2v) is 19.6. The van der Waals surface area contributed by atoms with E-state index in [2.05, 4.69) is 51.8 Å². The summed E-state index contributed by atoms with van der Waals surface area (Å²) in [6, 6.07) is 12.4. The maximum atomic E-state index is 11.6. The minimum atomic E-state index is -1.11. The molecule has 1 saturated heterocycles. The van der Waals surface area contributed by atoms with Crippen molar-refractivity contribution in [2.75, 3.05) is 106 Å². The van der Waals surface area contributed by atoms with E-state index in [1.165, 1.54) is 37.3 Å². The maximum absolute atomic E-state index is 11.6. The molecular weight excluding hydrogens is 1330 g/mol. The van der Waals surface area contributed by atoms with Gasteiger partial charge in [-0.25, -0.2) is 28.8 Å². The Balaban J connectivity index is 0. The molecule has 0 radical (unpaired) electrons. The molecule has 0 unspecified atom stereocenters. The average Bonchev–Trinajstić information content (AvgIpc) is 0.998. The van der Waals surface area contributed by atoms with Gasteiger partial charge in [-0.05, 0) is 94.1 Å². The van der Waals surface area contributed by atoms with Crippen LogP contribution in [0, 0.1) is 0 Å². The number of rotatable bonds is 43. The minimum absolute atomic E-state index is 0.00306. The van der Waals surface area contributed by atoms with Crippen LogP contribution in [0.1, 0.15) is 112 Å². The van der Waals surface area contributed by atoms with E-state index in [9.17, 15) is 71.9 Å². The van der Waals surface area contributed by atoms with Crippen molar-refractivity contribution in [2.24, 2.45) is 0 Å². The monoisotopic (exact) mass is 1420 g/mol. The van der Waals surface area contributed by atoms with Crippen LogP contribution in [0.15, 0.2) is 111 Å². The van der Waals surface area contributed by atoms with Gasteiger partial charge in [0.2, 0.25) is 5.91 Å². The number of hydrogen-bond donors (Lipinski definition) is 4. The molecule has 1 aliphatic heterocycles. The Hall–Kier alpha value is -11.3. The van der Waals surface area contributed by atoms with Gasteiger partial charge in [-0.15, -0.1) is 0 Å². The van der Waals surface area contributed by atoms with E-state index in [-0.39, 0.29) is 133 Å². The number of esters is 10. The molecule has 33 nitrogen and oxygen atoms in total. The highest BCUT2D eigenvalue weighted by Gasteiger charge is 2.15. The summed E-state index contributed by atoms with van der Waals surface area (Å²) in [4.78, 5) is 166. The van der Waals surface area contributed by atoms with Gasteiger partial charge in [-0.2, -0.15) is 0 Å². The highest BCUT2D eigenvalue weighted by molar-refractivity contribution is 5.89. The number of carboxylic acid groups (broad SMARTS) is 4. The van der Waals surface area contributed by atoms with Crippen LogP contribution in [0.4, 0.5) is 0 Å². The van der Waals surface area contributed by atoms with Gasteiger partial charge in [0.1, 0.15) is 64.4 Å². The predicted octanol–water partition coefficient (Wildman–Crippen LogP) is 5.34. The fraction of sp³-hybridized carbons (Fsp3) is 0.448. The SMILES string of the molecule is C=C(C)C(=O)OCCCCOc1ccc(C(=O)O)cc1.C=C(C)C(=O)OCCOC(=O)CCC(=O)O.C=CC(=O)N1CCOCC1.C=CC(=O)OCCC(=O)OCCC(=O)OCCC(=O)OCCC(=O)OCCC(=O)OCCC(=O)O.C=CC(=O)OCCCCOc1ccc(C(=O)O)cc1. The van der Waals surface area contributed by atoms with E-state index >= 15 is 0 Å². The first-order valence-corrected chi connectivity index (χ1v) is 30.6. The number of aromatic carboxylic acids is 2. The molecule has 4 N–H and O–H groups in total. The molecular formula is C67H87NO32. The lowest BCUT2D eigenvalue weighted by Crippen LogP contribution is -2.39. The fourth-order valence-corrected chi connectivity index (χ4v) is 6.20. The van der Waals surface area contributed by atoms with Gasteiger partial charge in [-0.3, -0.25) is 43.2 Å². The van der Waals surface area contributed by atoms with Crippen molar-refractivity contribution in [1.29, 1.82) is 0 Å². The molecule has 100 heavy (non-hydrogen) atoms. The van der Waals surface area contributed by atoms with Crippen molar-refractivity contribution in [2.45, 2.75) is 90.9 Å². The summed E-state index contributed by atoms with van der Waals surface area (Å²) in [7, 11) is 0. The Labute approximate surface area is 576 Å². The first-order chi connectivity index (χ1) is 47.5. The summed E-state index contributed by atoms with van der Waals surface area (Å²) < 4.78 is 63.2. The number of carbonyl (C=O) groups is 15. The lowest BCUT2D eigenvalue weighted by Gasteiger charge is -2.25. The Morgan fingerprint density at radius 1 is 0.380 bits per heavy atom. The molecule has 33 heteroatoms. The largest absolute Gasteiger partial charge is 0.494 e. The molecule has 1 fully saturated rings. The molecule has 0 saturated carbocycles. The maximum Gasteiger partial charge on any atom is 0.335 e. The third-order valence-electron chi connectivity index (χ3n) is 11.4. The molecule has 2 aromatic rings. The Bertz CT molecular complexity index is 2980. The highest BCUT2D eigenvalue weighted by atomic mass is 16.6. The van der Waals surface area contributed by atoms with Gasteiger partial charge in [0.15, 0.2) is 0 Å². The minimum Gasteiger partial charge on any atom is -0.494 e. The molecule has 2 aromatic carbocycles. The van der Waals surface area contributed by atoms with Crippen LogP contribution < -0.4 is 9.47 Å². The Kier molecular flexibility index (Phi) is 52.6. The van der Waals surface area contributed by atoms with Gasteiger partial charge < -0.3 is 86.9 Å². The third-order valence-corrected chi connectivity index (χ3v) is 11.4. The predicted molar refractivity (Wildman–Crippen MR) is 346 cm³/mol. The van der Waals surface area contributed by atoms with E-state index in [4.69, 9.17) is 63.1 Å². The summed E-state index contributed by atoms with van der Waals surface area (Å²) in [5.74, 6) is -9.09. The number of morpholine rings is 1. The van der Waals surface area contributed by atoms with Gasteiger partial charge in [0, 0.05) is 36.4 Å². The standard InChI is InChI=1S/C21H28O14.C15H18O5.C14H16O5.C10H14O6.C7H11NO2/c1-2-16(24)30-10-4-18(26)32-12-6-20(28)34-14-8-21(29)35-13-7-19(27)33-11-5-17(25)31-9-3-15(22)23;1-11(2)15(18)20-10-4-3-9-19-13-7-5-12(6-8-13)14(16)17;1-2-13(15)19-10-4-3-9-18-12-7-5-11(6-8-12)14(16)17;1-7(2)10(14)16-6-5-15-9(13)4-3-8(11)12;1-2-7(9)8-3-5-10-6-4-8/h2H,1,3-14H2,(H,22,23);5-8H,1,3-4,9-10H2,2H3,(H,16,17);2,5-8H,1,3-4,9-10H2,(H,16,17);1,3-6H2,2H3,(H,11,12);2H,1,3-6H2. The first kappa shape index (κ1) is 90.8. The molecule has 1 amide bonds. The van der Waals surface area contributed by atoms with E-state index in [0.717, 1.165) is 25.0 Å². The average molecular weight is 1420 g/mol. The fourth-order valence-electron chi connectivity index (χ4n) is 6.20. The summed E-state index contributed by atoms with van der Waals surface area (Å²) >= 11 is 0. The van der Waals surface area contributed by atoms with Crippen LogP contribution >= 0.6 is 0 Å². The number of benzene rings is 2. The second-order valence-electron chi connectivity index (χ2n) is 19.6. The highest BCUT2D eigenvalue weighted by Crippen LogP contribution is 2.14. The normalized spacial score (nSPS) is 10.6. The van der Waals surface area contributed by atoms with E-state index in [1.54, 1.807) is 36.1 Å². The number of aliphatic carboxylic acids is 2. The molecule has 3 rings (SSSR count). The number of amides is 1. The van der Waals surface area contributed by atoms with Gasteiger partial charge >= 0.3 is 83.6 Å². The quantitative estimate of drug-likeness (QED) is 0.0282. The smallest absolute Gasteiger partial charge is 0.335 e. The van der Waals surface area contributed by atoms with Gasteiger partial charge in [0.25, 0.3) is 0 Å². The molecule has 1 heterocycles. The van der Waals surface area contributed by atoms with E-state index in [1.807, 2.05) is 0 Å². The third kappa shape index (κ3) is 53.9. The van der Waals surface area contributed by atoms with E-state index < -0.39 is 77.6 Å².